The molecule has 3 rings (SSSR count). The number of hydrogen-bond acceptors (Lipinski definition) is 6. The van der Waals surface area contributed by atoms with Gasteiger partial charge in [0.15, 0.2) is 5.65 Å². The highest BCUT2D eigenvalue weighted by molar-refractivity contribution is 7.91. The molecule has 8 nitrogen and oxygen atoms in total. The molecule has 0 amide bonds. The summed E-state index contributed by atoms with van der Waals surface area (Å²) in [5.41, 5.74) is -0.970. The molecule has 10 heteroatoms. The van der Waals surface area contributed by atoms with Gasteiger partial charge in [0.05, 0.1) is 6.20 Å². The van der Waals surface area contributed by atoms with Gasteiger partial charge in [-0.2, -0.15) is 12.5 Å². The van der Waals surface area contributed by atoms with Gasteiger partial charge in [0, 0.05) is 12.1 Å². The summed E-state index contributed by atoms with van der Waals surface area (Å²) in [6, 6.07) is 2.45. The molecule has 3 aromatic heterocycles. The zero-order valence-electron chi connectivity index (χ0n) is 14.2. The molecule has 0 N–H and O–H groups in total. The first-order chi connectivity index (χ1) is 11.7. The van der Waals surface area contributed by atoms with Crippen LogP contribution in [0.4, 0.5) is 0 Å². The van der Waals surface area contributed by atoms with E-state index in [1.807, 2.05) is 0 Å². The molecule has 0 aromatic carbocycles. The van der Waals surface area contributed by atoms with E-state index in [1.54, 1.807) is 39.1 Å². The Morgan fingerprint density at radius 3 is 2.24 bits per heavy atom. The van der Waals surface area contributed by atoms with Gasteiger partial charge in [0.2, 0.25) is 0 Å². The van der Waals surface area contributed by atoms with Gasteiger partial charge in [-0.25, -0.2) is 4.79 Å². The monoisotopic (exact) mass is 382 g/mol. The minimum absolute atomic E-state index is 0.0713. The van der Waals surface area contributed by atoms with Crippen molar-refractivity contribution in [2.24, 2.45) is 0 Å². The van der Waals surface area contributed by atoms with E-state index in [9.17, 15) is 18.0 Å². The molecule has 0 unspecified atom stereocenters. The SMILES string of the molecule is CC(C)n1c(=O)c2cn(S(=O)(=O)c3cccs3)nc2n(C(C)C)c1=O. The van der Waals surface area contributed by atoms with E-state index in [0.717, 1.165) is 20.0 Å². The lowest BCUT2D eigenvalue weighted by Crippen LogP contribution is -2.41. The molecule has 3 heterocycles. The van der Waals surface area contributed by atoms with Gasteiger partial charge < -0.3 is 0 Å². The molecule has 3 aromatic rings. The summed E-state index contributed by atoms with van der Waals surface area (Å²) in [6.07, 6.45) is 1.18. The molecule has 0 saturated heterocycles. The van der Waals surface area contributed by atoms with Crippen LogP contribution in [0.2, 0.25) is 0 Å². The average molecular weight is 382 g/mol. The third-order valence-electron chi connectivity index (χ3n) is 3.79. The van der Waals surface area contributed by atoms with Crippen molar-refractivity contribution < 1.29 is 8.42 Å². The van der Waals surface area contributed by atoms with Gasteiger partial charge in [-0.3, -0.25) is 13.9 Å². The lowest BCUT2D eigenvalue weighted by Gasteiger charge is -2.15. The van der Waals surface area contributed by atoms with Gasteiger partial charge in [-0.05, 0) is 39.1 Å². The highest BCUT2D eigenvalue weighted by Crippen LogP contribution is 2.21. The van der Waals surface area contributed by atoms with Crippen molar-refractivity contribution >= 4 is 32.4 Å². The topological polar surface area (TPSA) is 96.0 Å². The van der Waals surface area contributed by atoms with E-state index in [2.05, 4.69) is 5.10 Å². The standard InChI is InChI=1S/C15H18N4O4S2/c1-9(2)18-13-11(14(20)19(10(3)4)15(18)21)8-17(16-13)25(22,23)12-6-5-7-24-12/h5-10H,1-4H3. The van der Waals surface area contributed by atoms with Crippen LogP contribution in [-0.4, -0.2) is 26.7 Å². The van der Waals surface area contributed by atoms with Crippen molar-refractivity contribution in [3.05, 3.63) is 44.5 Å². The Kier molecular flexibility index (Phi) is 4.20. The predicted octanol–water partition coefficient (Wildman–Crippen LogP) is 1.82. The maximum Gasteiger partial charge on any atom is 0.333 e. The summed E-state index contributed by atoms with van der Waals surface area (Å²) in [4.78, 5) is 25.4. The van der Waals surface area contributed by atoms with Crippen LogP contribution in [0.15, 0.2) is 37.5 Å². The predicted molar refractivity (Wildman–Crippen MR) is 95.9 cm³/mol. The zero-order chi connectivity index (χ0) is 18.5. The normalized spacial score (nSPS) is 12.6. The maximum absolute atomic E-state index is 12.7. The van der Waals surface area contributed by atoms with Crippen LogP contribution >= 0.6 is 11.3 Å². The second-order valence-electron chi connectivity index (χ2n) is 6.19. The van der Waals surface area contributed by atoms with Crippen LogP contribution < -0.4 is 11.2 Å². The number of rotatable bonds is 4. The van der Waals surface area contributed by atoms with Crippen LogP contribution in [-0.2, 0) is 10.0 Å². The largest absolute Gasteiger partial charge is 0.333 e. The number of hydrogen-bond donors (Lipinski definition) is 0. The second-order valence-corrected chi connectivity index (χ2v) is 9.16. The van der Waals surface area contributed by atoms with Gasteiger partial charge in [0.25, 0.3) is 15.6 Å². The summed E-state index contributed by atoms with van der Waals surface area (Å²) < 4.78 is 28.7. The smallest absolute Gasteiger partial charge is 0.273 e. The Morgan fingerprint density at radius 1 is 1.08 bits per heavy atom. The Hall–Kier alpha value is -2.20. The van der Waals surface area contributed by atoms with Crippen molar-refractivity contribution in [2.45, 2.75) is 44.0 Å². The van der Waals surface area contributed by atoms with Crippen LogP contribution in [0.1, 0.15) is 39.8 Å². The van der Waals surface area contributed by atoms with Crippen LogP contribution in [0, 0.1) is 0 Å². The summed E-state index contributed by atoms with van der Waals surface area (Å²) in [7, 11) is -3.90. The Morgan fingerprint density at radius 2 is 1.72 bits per heavy atom. The summed E-state index contributed by atoms with van der Waals surface area (Å²) in [5, 5.41) is 5.81. The highest BCUT2D eigenvalue weighted by atomic mass is 32.2. The van der Waals surface area contributed by atoms with Gasteiger partial charge in [-0.1, -0.05) is 6.07 Å². The van der Waals surface area contributed by atoms with E-state index in [1.165, 1.54) is 16.8 Å². The van der Waals surface area contributed by atoms with Crippen molar-refractivity contribution in [3.63, 3.8) is 0 Å². The molecular formula is C15H18N4O4S2. The minimum Gasteiger partial charge on any atom is -0.273 e. The summed E-state index contributed by atoms with van der Waals surface area (Å²) in [6.45, 7) is 7.02. The lowest BCUT2D eigenvalue weighted by atomic mass is 10.3. The van der Waals surface area contributed by atoms with E-state index in [4.69, 9.17) is 0 Å². The molecule has 0 atom stereocenters. The number of fused-ring (bicyclic) bond motifs is 1. The zero-order valence-corrected chi connectivity index (χ0v) is 15.8. The fourth-order valence-electron chi connectivity index (χ4n) is 2.64. The molecular weight excluding hydrogens is 364 g/mol. The van der Waals surface area contributed by atoms with Crippen molar-refractivity contribution in [3.8, 4) is 0 Å². The van der Waals surface area contributed by atoms with Crippen molar-refractivity contribution in [1.29, 1.82) is 0 Å². The highest BCUT2D eigenvalue weighted by Gasteiger charge is 2.25. The number of nitrogens with zero attached hydrogens (tertiary/aromatic N) is 4. The summed E-state index contributed by atoms with van der Waals surface area (Å²) >= 11 is 1.06. The molecule has 0 aliphatic heterocycles. The second kappa shape index (κ2) is 5.95. The van der Waals surface area contributed by atoms with Crippen LogP contribution in [0.25, 0.3) is 11.0 Å². The third-order valence-corrected chi connectivity index (χ3v) is 6.70. The first-order valence-corrected chi connectivity index (χ1v) is 10.0. The molecule has 0 saturated carbocycles. The Bertz CT molecular complexity index is 1150. The van der Waals surface area contributed by atoms with Gasteiger partial charge >= 0.3 is 5.69 Å². The minimum atomic E-state index is -3.90. The summed E-state index contributed by atoms with van der Waals surface area (Å²) in [5.74, 6) is 0. The molecule has 0 spiro atoms. The van der Waals surface area contributed by atoms with E-state index in [-0.39, 0.29) is 27.3 Å². The first-order valence-electron chi connectivity index (χ1n) is 7.71. The lowest BCUT2D eigenvalue weighted by molar-refractivity contribution is 0.486. The van der Waals surface area contributed by atoms with Crippen molar-refractivity contribution in [1.82, 2.24) is 18.3 Å². The molecule has 0 aliphatic carbocycles. The molecule has 0 aliphatic rings. The fraction of sp³-hybridized carbons (Fsp3) is 0.400. The Balaban J connectivity index is 2.43. The van der Waals surface area contributed by atoms with Crippen molar-refractivity contribution in [2.75, 3.05) is 0 Å². The molecule has 25 heavy (non-hydrogen) atoms. The molecule has 0 radical (unpaired) electrons. The fourth-order valence-corrected chi connectivity index (χ4v) is 4.84. The molecule has 0 fully saturated rings. The van der Waals surface area contributed by atoms with Gasteiger partial charge in [-0.15, -0.1) is 16.4 Å². The quantitative estimate of drug-likeness (QED) is 0.686. The van der Waals surface area contributed by atoms with Crippen LogP contribution in [0.3, 0.4) is 0 Å². The number of thiophene rings is 1. The Labute approximate surface area is 148 Å². The molecule has 134 valence electrons. The van der Waals surface area contributed by atoms with Crippen LogP contribution in [0.5, 0.6) is 0 Å². The van der Waals surface area contributed by atoms with E-state index >= 15 is 0 Å². The maximum atomic E-state index is 12.7. The molecule has 0 bridgehead atoms. The first kappa shape index (κ1) is 17.6. The van der Waals surface area contributed by atoms with Gasteiger partial charge in [0.1, 0.15) is 9.60 Å². The third kappa shape index (κ3) is 2.65. The average Bonchev–Trinajstić information content (AvgIpc) is 3.16. The number of aromatic nitrogens is 4. The van der Waals surface area contributed by atoms with E-state index < -0.39 is 21.3 Å². The van der Waals surface area contributed by atoms with E-state index in [0.29, 0.717) is 0 Å².